The van der Waals surface area contributed by atoms with Crippen molar-refractivity contribution in [3.05, 3.63) is 36.0 Å². The van der Waals surface area contributed by atoms with Gasteiger partial charge in [0, 0.05) is 37.6 Å². The molecule has 20 heavy (non-hydrogen) atoms. The zero-order valence-corrected chi connectivity index (χ0v) is 11.8. The van der Waals surface area contributed by atoms with Crippen LogP contribution < -0.4 is 0 Å². The van der Waals surface area contributed by atoms with Gasteiger partial charge in [-0.2, -0.15) is 0 Å². The molecule has 4 heteroatoms. The van der Waals surface area contributed by atoms with Crippen LogP contribution in [-0.4, -0.2) is 42.2 Å². The molecule has 0 saturated carbocycles. The SMILES string of the molecule is COCCn1c(C(=O)N2CCCC2)cc2ccccc21. The summed E-state index contributed by atoms with van der Waals surface area (Å²) >= 11 is 0. The third kappa shape index (κ3) is 2.31. The summed E-state index contributed by atoms with van der Waals surface area (Å²) in [5.74, 6) is 0.148. The molecule has 4 nitrogen and oxygen atoms in total. The Hall–Kier alpha value is -1.81. The highest BCUT2D eigenvalue weighted by atomic mass is 16.5. The van der Waals surface area contributed by atoms with E-state index in [4.69, 9.17) is 4.74 Å². The third-order valence-corrected chi connectivity index (χ3v) is 3.94. The molecule has 0 bridgehead atoms. The topological polar surface area (TPSA) is 34.5 Å². The van der Waals surface area contributed by atoms with Crippen molar-refractivity contribution < 1.29 is 9.53 Å². The van der Waals surface area contributed by atoms with Gasteiger partial charge in [-0.1, -0.05) is 18.2 Å². The van der Waals surface area contributed by atoms with E-state index in [2.05, 4.69) is 16.7 Å². The van der Waals surface area contributed by atoms with Crippen LogP contribution in [0.1, 0.15) is 23.3 Å². The Kier molecular flexibility index (Phi) is 3.74. The van der Waals surface area contributed by atoms with E-state index in [9.17, 15) is 4.79 Å². The minimum atomic E-state index is 0.148. The van der Waals surface area contributed by atoms with Crippen molar-refractivity contribution in [2.45, 2.75) is 19.4 Å². The van der Waals surface area contributed by atoms with Gasteiger partial charge in [-0.25, -0.2) is 0 Å². The Morgan fingerprint density at radius 2 is 2.00 bits per heavy atom. The number of aromatic nitrogens is 1. The molecule has 0 N–H and O–H groups in total. The van der Waals surface area contributed by atoms with E-state index < -0.39 is 0 Å². The number of ether oxygens (including phenoxy) is 1. The molecule has 106 valence electrons. The third-order valence-electron chi connectivity index (χ3n) is 3.94. The van der Waals surface area contributed by atoms with Crippen molar-refractivity contribution in [3.63, 3.8) is 0 Å². The number of hydrogen-bond donors (Lipinski definition) is 0. The summed E-state index contributed by atoms with van der Waals surface area (Å²) in [6.45, 7) is 3.08. The van der Waals surface area contributed by atoms with E-state index in [1.807, 2.05) is 23.1 Å². The van der Waals surface area contributed by atoms with Crippen LogP contribution in [0.15, 0.2) is 30.3 Å². The lowest BCUT2D eigenvalue weighted by molar-refractivity contribution is 0.0780. The van der Waals surface area contributed by atoms with Crippen LogP contribution in [0.4, 0.5) is 0 Å². The van der Waals surface area contributed by atoms with Gasteiger partial charge < -0.3 is 14.2 Å². The largest absolute Gasteiger partial charge is 0.383 e. The molecule has 0 aliphatic carbocycles. The van der Waals surface area contributed by atoms with Gasteiger partial charge in [-0.3, -0.25) is 4.79 Å². The minimum Gasteiger partial charge on any atom is -0.383 e. The van der Waals surface area contributed by atoms with Crippen LogP contribution in [0.5, 0.6) is 0 Å². The maximum atomic E-state index is 12.7. The van der Waals surface area contributed by atoms with Gasteiger partial charge in [0.15, 0.2) is 0 Å². The molecule has 0 radical (unpaired) electrons. The van der Waals surface area contributed by atoms with E-state index in [1.54, 1.807) is 7.11 Å². The Balaban J connectivity index is 2.01. The lowest BCUT2D eigenvalue weighted by Gasteiger charge is -2.17. The number of methoxy groups -OCH3 is 1. The average molecular weight is 272 g/mol. The van der Waals surface area contributed by atoms with E-state index in [0.29, 0.717) is 13.2 Å². The summed E-state index contributed by atoms with van der Waals surface area (Å²) in [5.41, 5.74) is 1.89. The van der Waals surface area contributed by atoms with Crippen molar-refractivity contribution in [2.24, 2.45) is 0 Å². The number of benzene rings is 1. The molecule has 2 aromatic rings. The quantitative estimate of drug-likeness (QED) is 0.857. The number of hydrogen-bond acceptors (Lipinski definition) is 2. The van der Waals surface area contributed by atoms with Crippen LogP contribution in [-0.2, 0) is 11.3 Å². The fourth-order valence-corrected chi connectivity index (χ4v) is 2.89. The van der Waals surface area contributed by atoms with Gasteiger partial charge in [-0.15, -0.1) is 0 Å². The molecule has 1 aromatic carbocycles. The van der Waals surface area contributed by atoms with Gasteiger partial charge in [-0.05, 0) is 25.0 Å². The first-order valence-electron chi connectivity index (χ1n) is 7.18. The predicted octanol–water partition coefficient (Wildman–Crippen LogP) is 2.52. The van der Waals surface area contributed by atoms with E-state index in [-0.39, 0.29) is 5.91 Å². The number of carbonyl (C=O) groups is 1. The second-order valence-electron chi connectivity index (χ2n) is 5.23. The second-order valence-corrected chi connectivity index (χ2v) is 5.23. The summed E-state index contributed by atoms with van der Waals surface area (Å²) in [6, 6.07) is 10.1. The minimum absolute atomic E-state index is 0.148. The number of fused-ring (bicyclic) bond motifs is 1. The zero-order valence-electron chi connectivity index (χ0n) is 11.8. The zero-order chi connectivity index (χ0) is 13.9. The first-order valence-corrected chi connectivity index (χ1v) is 7.18. The molecule has 0 spiro atoms. The van der Waals surface area contributed by atoms with Crippen molar-refractivity contribution in [1.82, 2.24) is 9.47 Å². The number of rotatable bonds is 4. The van der Waals surface area contributed by atoms with Gasteiger partial charge in [0.05, 0.1) is 6.61 Å². The van der Waals surface area contributed by atoms with Crippen LogP contribution >= 0.6 is 0 Å². The number of likely N-dealkylation sites (tertiary alicyclic amines) is 1. The van der Waals surface area contributed by atoms with Gasteiger partial charge in [0.25, 0.3) is 5.91 Å². The number of nitrogens with zero attached hydrogens (tertiary/aromatic N) is 2. The number of carbonyl (C=O) groups excluding carboxylic acids is 1. The first-order chi connectivity index (χ1) is 9.81. The first kappa shape index (κ1) is 13.2. The molecule has 1 fully saturated rings. The molecular weight excluding hydrogens is 252 g/mol. The van der Waals surface area contributed by atoms with Gasteiger partial charge in [0.2, 0.25) is 0 Å². The molecule has 2 heterocycles. The van der Waals surface area contributed by atoms with Crippen LogP contribution in [0.3, 0.4) is 0 Å². The summed E-state index contributed by atoms with van der Waals surface area (Å²) < 4.78 is 7.26. The smallest absolute Gasteiger partial charge is 0.270 e. The van der Waals surface area contributed by atoms with Crippen molar-refractivity contribution in [1.29, 1.82) is 0 Å². The Bertz CT molecular complexity index is 612. The Morgan fingerprint density at radius 1 is 1.25 bits per heavy atom. The molecule has 1 amide bonds. The summed E-state index contributed by atoms with van der Waals surface area (Å²) in [5, 5.41) is 1.12. The number of para-hydroxylation sites is 1. The Morgan fingerprint density at radius 3 is 2.75 bits per heavy atom. The predicted molar refractivity (Wildman–Crippen MR) is 79.0 cm³/mol. The second kappa shape index (κ2) is 5.67. The highest BCUT2D eigenvalue weighted by Gasteiger charge is 2.23. The van der Waals surface area contributed by atoms with Crippen LogP contribution in [0, 0.1) is 0 Å². The van der Waals surface area contributed by atoms with E-state index in [0.717, 1.165) is 42.5 Å². The molecule has 0 atom stereocenters. The van der Waals surface area contributed by atoms with Crippen molar-refractivity contribution in [3.8, 4) is 0 Å². The maximum Gasteiger partial charge on any atom is 0.270 e. The van der Waals surface area contributed by atoms with Gasteiger partial charge >= 0.3 is 0 Å². The summed E-state index contributed by atoms with van der Waals surface area (Å²) in [4.78, 5) is 14.6. The highest BCUT2D eigenvalue weighted by molar-refractivity contribution is 5.98. The lowest BCUT2D eigenvalue weighted by atomic mass is 10.2. The Labute approximate surface area is 118 Å². The van der Waals surface area contributed by atoms with Crippen molar-refractivity contribution in [2.75, 3.05) is 26.8 Å². The molecule has 1 aliphatic rings. The monoisotopic (exact) mass is 272 g/mol. The fourth-order valence-electron chi connectivity index (χ4n) is 2.89. The molecule has 1 aromatic heterocycles. The molecule has 1 aliphatic heterocycles. The average Bonchev–Trinajstić information content (AvgIpc) is 3.12. The highest BCUT2D eigenvalue weighted by Crippen LogP contribution is 2.22. The van der Waals surface area contributed by atoms with Crippen LogP contribution in [0.25, 0.3) is 10.9 Å². The van der Waals surface area contributed by atoms with Crippen molar-refractivity contribution >= 4 is 16.8 Å². The number of amides is 1. The molecule has 0 unspecified atom stereocenters. The molecule has 3 rings (SSSR count). The van der Waals surface area contributed by atoms with Gasteiger partial charge in [0.1, 0.15) is 5.69 Å². The fraction of sp³-hybridized carbons (Fsp3) is 0.438. The summed E-state index contributed by atoms with van der Waals surface area (Å²) in [7, 11) is 1.69. The summed E-state index contributed by atoms with van der Waals surface area (Å²) in [6.07, 6.45) is 2.23. The standard InChI is InChI=1S/C16H20N2O2/c1-20-11-10-18-14-7-3-2-6-13(14)12-15(18)16(19)17-8-4-5-9-17/h2-3,6-7,12H,4-5,8-11H2,1H3. The lowest BCUT2D eigenvalue weighted by Crippen LogP contribution is -2.29. The maximum absolute atomic E-state index is 12.7. The molecular formula is C16H20N2O2. The van der Waals surface area contributed by atoms with E-state index in [1.165, 1.54) is 0 Å². The van der Waals surface area contributed by atoms with E-state index >= 15 is 0 Å². The van der Waals surface area contributed by atoms with Crippen LogP contribution in [0.2, 0.25) is 0 Å². The normalized spacial score (nSPS) is 15.2. The molecule has 1 saturated heterocycles.